The van der Waals surface area contributed by atoms with Crippen molar-refractivity contribution in [2.75, 3.05) is 20.0 Å². The molecule has 0 aliphatic carbocycles. The highest BCUT2D eigenvalue weighted by molar-refractivity contribution is 7.99. The monoisotopic (exact) mass is 384 g/mol. The lowest BCUT2D eigenvalue weighted by molar-refractivity contribution is 0.0982. The van der Waals surface area contributed by atoms with Gasteiger partial charge in [0.05, 0.1) is 14.2 Å². The molecule has 0 atom stereocenters. The molecular formula is C19H20N4O3S. The summed E-state index contributed by atoms with van der Waals surface area (Å²) in [5.41, 5.74) is 1.44. The molecule has 3 rings (SSSR count). The Morgan fingerprint density at radius 1 is 1.11 bits per heavy atom. The van der Waals surface area contributed by atoms with Crippen LogP contribution in [0.25, 0.3) is 5.69 Å². The van der Waals surface area contributed by atoms with Crippen LogP contribution in [0.1, 0.15) is 23.2 Å². The fraction of sp³-hybridized carbons (Fsp3) is 0.263. The highest BCUT2D eigenvalue weighted by atomic mass is 32.2. The summed E-state index contributed by atoms with van der Waals surface area (Å²) < 4.78 is 12.3. The topological polar surface area (TPSA) is 79.1 Å². The number of methoxy groups -OCH3 is 2. The number of tetrazole rings is 1. The van der Waals surface area contributed by atoms with Gasteiger partial charge in [-0.15, -0.1) is 5.10 Å². The number of aromatic nitrogens is 4. The first-order valence-corrected chi connectivity index (χ1v) is 9.43. The molecule has 0 radical (unpaired) electrons. The molecule has 0 fully saturated rings. The number of hydrogen-bond donors (Lipinski definition) is 0. The lowest BCUT2D eigenvalue weighted by Gasteiger charge is -2.11. The third-order valence-corrected chi connectivity index (χ3v) is 4.94. The molecule has 140 valence electrons. The van der Waals surface area contributed by atoms with Gasteiger partial charge in [0.2, 0.25) is 5.16 Å². The quantitative estimate of drug-likeness (QED) is 0.318. The normalized spacial score (nSPS) is 10.6. The molecule has 0 amide bonds. The van der Waals surface area contributed by atoms with Crippen molar-refractivity contribution in [1.82, 2.24) is 20.2 Å². The van der Waals surface area contributed by atoms with Gasteiger partial charge < -0.3 is 9.47 Å². The van der Waals surface area contributed by atoms with Crippen LogP contribution in [0.2, 0.25) is 0 Å². The molecule has 2 aromatic carbocycles. The Balaban J connectivity index is 1.64. The van der Waals surface area contributed by atoms with E-state index in [4.69, 9.17) is 9.47 Å². The van der Waals surface area contributed by atoms with Gasteiger partial charge >= 0.3 is 0 Å². The minimum Gasteiger partial charge on any atom is -0.497 e. The van der Waals surface area contributed by atoms with Gasteiger partial charge in [0.1, 0.15) is 17.2 Å². The zero-order chi connectivity index (χ0) is 19.1. The molecule has 0 bridgehead atoms. The Morgan fingerprint density at radius 3 is 2.67 bits per heavy atom. The first-order chi connectivity index (χ1) is 13.2. The van der Waals surface area contributed by atoms with Crippen LogP contribution in [0.15, 0.2) is 53.7 Å². The van der Waals surface area contributed by atoms with Crippen molar-refractivity contribution in [3.63, 3.8) is 0 Å². The van der Waals surface area contributed by atoms with E-state index in [2.05, 4.69) is 15.5 Å². The third kappa shape index (κ3) is 4.65. The van der Waals surface area contributed by atoms with Crippen molar-refractivity contribution in [2.45, 2.75) is 18.0 Å². The third-order valence-electron chi connectivity index (χ3n) is 3.93. The number of benzene rings is 2. The number of hydrogen-bond acceptors (Lipinski definition) is 7. The minimum atomic E-state index is 0.144. The van der Waals surface area contributed by atoms with Crippen LogP contribution in [0, 0.1) is 0 Å². The summed E-state index contributed by atoms with van der Waals surface area (Å²) in [4.78, 5) is 12.2. The van der Waals surface area contributed by atoms with Crippen LogP contribution in [-0.2, 0) is 0 Å². The first-order valence-electron chi connectivity index (χ1n) is 8.44. The van der Waals surface area contributed by atoms with Crippen LogP contribution >= 0.6 is 11.8 Å². The van der Waals surface area contributed by atoms with Crippen molar-refractivity contribution >= 4 is 17.5 Å². The van der Waals surface area contributed by atoms with Crippen molar-refractivity contribution in [3.05, 3.63) is 54.1 Å². The molecule has 0 spiro atoms. The summed E-state index contributed by atoms with van der Waals surface area (Å²) in [5.74, 6) is 2.20. The first kappa shape index (κ1) is 18.9. The van der Waals surface area contributed by atoms with Gasteiger partial charge in [0.25, 0.3) is 0 Å². The lowest BCUT2D eigenvalue weighted by Crippen LogP contribution is -2.03. The summed E-state index contributed by atoms with van der Waals surface area (Å²) in [6.45, 7) is 0. The molecule has 8 heteroatoms. The molecule has 0 aliphatic rings. The molecule has 27 heavy (non-hydrogen) atoms. The van der Waals surface area contributed by atoms with Crippen molar-refractivity contribution in [2.24, 2.45) is 0 Å². The number of carbonyl (C=O) groups is 1. The maximum Gasteiger partial charge on any atom is 0.214 e. The fourth-order valence-electron chi connectivity index (χ4n) is 2.55. The van der Waals surface area contributed by atoms with Crippen LogP contribution in [0.3, 0.4) is 0 Å². The molecule has 7 nitrogen and oxygen atoms in total. The van der Waals surface area contributed by atoms with E-state index in [0.29, 0.717) is 28.8 Å². The van der Waals surface area contributed by atoms with Crippen LogP contribution < -0.4 is 9.47 Å². The highest BCUT2D eigenvalue weighted by Gasteiger charge is 2.15. The zero-order valence-corrected chi connectivity index (χ0v) is 16.0. The van der Waals surface area contributed by atoms with Gasteiger partial charge in [-0.25, -0.2) is 0 Å². The summed E-state index contributed by atoms with van der Waals surface area (Å²) in [6.07, 6.45) is 1.22. The smallest absolute Gasteiger partial charge is 0.214 e. The van der Waals surface area contributed by atoms with E-state index in [0.717, 1.165) is 17.7 Å². The van der Waals surface area contributed by atoms with E-state index in [1.807, 2.05) is 48.5 Å². The Kier molecular flexibility index (Phi) is 6.43. The molecule has 0 saturated carbocycles. The second-order valence-electron chi connectivity index (χ2n) is 5.65. The fourth-order valence-corrected chi connectivity index (χ4v) is 3.37. The largest absolute Gasteiger partial charge is 0.497 e. The molecule has 0 N–H and O–H groups in total. The molecular weight excluding hydrogens is 364 g/mol. The summed E-state index contributed by atoms with van der Waals surface area (Å²) in [5, 5.41) is 12.5. The SMILES string of the molecule is COc1ccc(OC)c(-n2nnnc2SCCCC(=O)c2ccccc2)c1. The predicted octanol–water partition coefficient (Wildman–Crippen LogP) is 3.43. The van der Waals surface area contributed by atoms with Gasteiger partial charge in [-0.3, -0.25) is 4.79 Å². The number of Topliss-reactive ketones (excluding diaryl/α,β-unsaturated/α-hetero) is 1. The molecule has 1 aromatic heterocycles. The van der Waals surface area contributed by atoms with Crippen molar-refractivity contribution in [1.29, 1.82) is 0 Å². The molecule has 0 unspecified atom stereocenters. The Labute approximate surface area is 161 Å². The number of carbonyl (C=O) groups excluding carboxylic acids is 1. The van der Waals surface area contributed by atoms with E-state index in [1.165, 1.54) is 11.8 Å². The van der Waals surface area contributed by atoms with E-state index < -0.39 is 0 Å². The van der Waals surface area contributed by atoms with Crippen molar-refractivity contribution < 1.29 is 14.3 Å². The van der Waals surface area contributed by atoms with E-state index in [-0.39, 0.29) is 5.78 Å². The van der Waals surface area contributed by atoms with E-state index in [9.17, 15) is 4.79 Å². The van der Waals surface area contributed by atoms with E-state index in [1.54, 1.807) is 18.9 Å². The number of rotatable bonds is 9. The average Bonchev–Trinajstić information content (AvgIpc) is 3.19. The summed E-state index contributed by atoms with van der Waals surface area (Å²) in [7, 11) is 3.20. The summed E-state index contributed by atoms with van der Waals surface area (Å²) >= 11 is 1.50. The maximum absolute atomic E-state index is 12.2. The maximum atomic E-state index is 12.2. The van der Waals surface area contributed by atoms with Gasteiger partial charge in [-0.2, -0.15) is 4.68 Å². The molecule has 0 aliphatic heterocycles. The second kappa shape index (κ2) is 9.18. The number of ketones is 1. The zero-order valence-electron chi connectivity index (χ0n) is 15.2. The van der Waals surface area contributed by atoms with Crippen LogP contribution in [-0.4, -0.2) is 46.0 Å². The highest BCUT2D eigenvalue weighted by Crippen LogP contribution is 2.29. The van der Waals surface area contributed by atoms with Crippen LogP contribution in [0.4, 0.5) is 0 Å². The standard InChI is InChI=1S/C19H20N4O3S/c1-25-15-10-11-18(26-2)16(13-15)23-19(20-21-22-23)27-12-6-9-17(24)14-7-4-3-5-8-14/h3-5,7-8,10-11,13H,6,9,12H2,1-2H3. The average molecular weight is 384 g/mol. The van der Waals surface area contributed by atoms with Gasteiger partial charge in [-0.05, 0) is 29.0 Å². The molecule has 0 saturated heterocycles. The minimum absolute atomic E-state index is 0.144. The van der Waals surface area contributed by atoms with Crippen molar-refractivity contribution in [3.8, 4) is 17.2 Å². The Morgan fingerprint density at radius 2 is 1.93 bits per heavy atom. The lowest BCUT2D eigenvalue weighted by atomic mass is 10.1. The van der Waals surface area contributed by atoms with Crippen LogP contribution in [0.5, 0.6) is 11.5 Å². The predicted molar refractivity (Wildman–Crippen MR) is 103 cm³/mol. The Bertz CT molecular complexity index is 899. The summed E-state index contributed by atoms with van der Waals surface area (Å²) in [6, 6.07) is 14.8. The molecule has 1 heterocycles. The number of nitrogens with zero attached hydrogens (tertiary/aromatic N) is 4. The molecule has 3 aromatic rings. The number of thioether (sulfide) groups is 1. The second-order valence-corrected chi connectivity index (χ2v) is 6.71. The number of ether oxygens (including phenoxy) is 2. The van der Waals surface area contributed by atoms with Gasteiger partial charge in [0.15, 0.2) is 5.78 Å². The Hall–Kier alpha value is -2.87. The van der Waals surface area contributed by atoms with Gasteiger partial charge in [0, 0.05) is 23.8 Å². The van der Waals surface area contributed by atoms with Gasteiger partial charge in [-0.1, -0.05) is 42.1 Å². The van der Waals surface area contributed by atoms with E-state index >= 15 is 0 Å².